The molecule has 6 heteroatoms. The van der Waals surface area contributed by atoms with Gasteiger partial charge in [0.2, 0.25) is 0 Å². The van der Waals surface area contributed by atoms with Crippen molar-refractivity contribution in [3.63, 3.8) is 0 Å². The fourth-order valence-corrected chi connectivity index (χ4v) is 5.81. The van der Waals surface area contributed by atoms with E-state index in [-0.39, 0.29) is 5.91 Å². The van der Waals surface area contributed by atoms with Gasteiger partial charge in [0, 0.05) is 35.9 Å². The number of carbonyl (C=O) groups excluding carboxylic acids is 1. The Balaban J connectivity index is 1.19. The summed E-state index contributed by atoms with van der Waals surface area (Å²) in [6, 6.07) is 13.4. The molecule has 1 saturated carbocycles. The Kier molecular flexibility index (Phi) is 4.66. The van der Waals surface area contributed by atoms with E-state index >= 15 is 0 Å². The van der Waals surface area contributed by atoms with Gasteiger partial charge >= 0.3 is 0 Å². The maximum absolute atomic E-state index is 12.6. The van der Waals surface area contributed by atoms with E-state index in [1.54, 1.807) is 0 Å². The first-order valence-electron chi connectivity index (χ1n) is 10.4. The fourth-order valence-electron chi connectivity index (χ4n) is 4.75. The Morgan fingerprint density at radius 1 is 1.24 bits per heavy atom. The molecule has 0 spiro atoms. The lowest BCUT2D eigenvalue weighted by Crippen LogP contribution is -2.31. The minimum atomic E-state index is -0.118. The molecule has 150 valence electrons. The number of aryl methyl sites for hydroxylation is 1. The monoisotopic (exact) mass is 406 g/mol. The molecule has 0 unspecified atom stereocenters. The number of nitrogens with one attached hydrogen (secondary N) is 1. The average Bonchev–Trinajstić information content (AvgIpc) is 3.43. The smallest absolute Gasteiger partial charge is 0.263 e. The molecule has 2 aromatic heterocycles. The van der Waals surface area contributed by atoms with Crippen molar-refractivity contribution in [1.82, 2.24) is 10.3 Å². The average molecular weight is 407 g/mol. The largest absolute Gasteiger partial charge is 0.397 e. The Morgan fingerprint density at radius 3 is 2.79 bits per heavy atom. The summed E-state index contributed by atoms with van der Waals surface area (Å²) in [5.41, 5.74) is 10.2. The van der Waals surface area contributed by atoms with Crippen molar-refractivity contribution >= 4 is 38.8 Å². The number of carbonyl (C=O) groups is 1. The van der Waals surface area contributed by atoms with Crippen LogP contribution in [0, 0.1) is 12.8 Å². The summed E-state index contributed by atoms with van der Waals surface area (Å²) < 4.78 is 0. The Labute approximate surface area is 174 Å². The van der Waals surface area contributed by atoms with E-state index in [2.05, 4.69) is 39.5 Å². The van der Waals surface area contributed by atoms with Crippen molar-refractivity contribution in [1.29, 1.82) is 0 Å². The van der Waals surface area contributed by atoms with Gasteiger partial charge in [0.1, 0.15) is 9.71 Å². The highest BCUT2D eigenvalue weighted by Crippen LogP contribution is 2.40. The maximum atomic E-state index is 12.6. The SMILES string of the molecule is Cc1ccc2c(N)c(C(=O)NCCc3ccc(N4C[C@H]5CC[C@@H]4C5)cc3)sc2n1. The number of hydrogen-bond donors (Lipinski definition) is 2. The number of nitrogens with zero attached hydrogens (tertiary/aromatic N) is 2. The fraction of sp³-hybridized carbons (Fsp3) is 0.391. The van der Waals surface area contributed by atoms with Crippen molar-refractivity contribution in [2.24, 2.45) is 5.92 Å². The molecule has 5 nitrogen and oxygen atoms in total. The molecule has 0 radical (unpaired) electrons. The third-order valence-corrected chi connectivity index (χ3v) is 7.43. The van der Waals surface area contributed by atoms with Gasteiger partial charge < -0.3 is 16.0 Å². The predicted octanol–water partition coefficient (Wildman–Crippen LogP) is 4.15. The van der Waals surface area contributed by atoms with Crippen LogP contribution in [0.3, 0.4) is 0 Å². The van der Waals surface area contributed by atoms with Gasteiger partial charge in [-0.15, -0.1) is 11.3 Å². The van der Waals surface area contributed by atoms with Crippen molar-refractivity contribution in [3.05, 3.63) is 52.5 Å². The number of thiophene rings is 1. The first kappa shape index (κ1) is 18.4. The number of pyridine rings is 1. The van der Waals surface area contributed by atoms with Crippen LogP contribution in [-0.4, -0.2) is 30.0 Å². The van der Waals surface area contributed by atoms with Crippen LogP contribution in [0.15, 0.2) is 36.4 Å². The first-order chi connectivity index (χ1) is 14.1. The third-order valence-electron chi connectivity index (χ3n) is 6.32. The lowest BCUT2D eigenvalue weighted by atomic mass is 10.1. The van der Waals surface area contributed by atoms with Crippen molar-refractivity contribution in [2.75, 3.05) is 23.7 Å². The number of nitrogen functional groups attached to an aromatic ring is 1. The van der Waals surface area contributed by atoms with E-state index in [9.17, 15) is 4.79 Å². The molecule has 2 atom stereocenters. The Morgan fingerprint density at radius 2 is 2.07 bits per heavy atom. The van der Waals surface area contributed by atoms with Gasteiger partial charge in [-0.25, -0.2) is 4.98 Å². The summed E-state index contributed by atoms with van der Waals surface area (Å²) in [5, 5.41) is 3.87. The number of aromatic nitrogens is 1. The lowest BCUT2D eigenvalue weighted by Gasteiger charge is -2.29. The second-order valence-electron chi connectivity index (χ2n) is 8.31. The summed E-state index contributed by atoms with van der Waals surface area (Å²) >= 11 is 1.36. The number of nitrogens with two attached hydrogens (primary N) is 1. The topological polar surface area (TPSA) is 71.2 Å². The number of amides is 1. The number of fused-ring (bicyclic) bond motifs is 3. The highest BCUT2D eigenvalue weighted by atomic mass is 32.1. The van der Waals surface area contributed by atoms with E-state index in [0.717, 1.165) is 34.3 Å². The van der Waals surface area contributed by atoms with Gasteiger partial charge in [-0.2, -0.15) is 0 Å². The van der Waals surface area contributed by atoms with Crippen LogP contribution >= 0.6 is 11.3 Å². The van der Waals surface area contributed by atoms with E-state index in [0.29, 0.717) is 17.1 Å². The number of rotatable bonds is 5. The van der Waals surface area contributed by atoms with Crippen LogP contribution in [0.5, 0.6) is 0 Å². The summed E-state index contributed by atoms with van der Waals surface area (Å²) in [6.07, 6.45) is 4.91. The number of piperidine rings is 1. The van der Waals surface area contributed by atoms with Gasteiger partial charge in [-0.05, 0) is 68.4 Å². The molecule has 1 aromatic carbocycles. The molecule has 1 amide bonds. The highest BCUT2D eigenvalue weighted by Gasteiger charge is 2.37. The summed E-state index contributed by atoms with van der Waals surface area (Å²) in [6.45, 7) is 3.74. The third kappa shape index (κ3) is 3.46. The maximum Gasteiger partial charge on any atom is 0.263 e. The Hall–Kier alpha value is -2.60. The van der Waals surface area contributed by atoms with Crippen LogP contribution in [0.25, 0.3) is 10.2 Å². The van der Waals surface area contributed by atoms with E-state index < -0.39 is 0 Å². The summed E-state index contributed by atoms with van der Waals surface area (Å²) in [4.78, 5) is 21.0. The van der Waals surface area contributed by atoms with Gasteiger partial charge in [0.05, 0.1) is 5.69 Å². The van der Waals surface area contributed by atoms with Gasteiger partial charge in [0.25, 0.3) is 5.91 Å². The molecule has 3 heterocycles. The summed E-state index contributed by atoms with van der Waals surface area (Å²) in [7, 11) is 0. The lowest BCUT2D eigenvalue weighted by molar-refractivity contribution is 0.0959. The zero-order valence-corrected chi connectivity index (χ0v) is 17.5. The molecule has 2 aliphatic rings. The van der Waals surface area contributed by atoms with E-state index in [1.165, 1.54) is 48.4 Å². The van der Waals surface area contributed by atoms with Crippen LogP contribution in [-0.2, 0) is 6.42 Å². The standard InChI is InChI=1S/C23H26N4OS/c1-14-2-9-19-20(24)21(29-23(19)26-14)22(28)25-11-10-15-3-6-17(7-4-15)27-13-16-5-8-18(27)12-16/h2-4,6-7,9,16,18H,5,8,10-13,24H2,1H3,(H,25,28)/t16-,18+/m0/s1. The zero-order chi connectivity index (χ0) is 20.0. The molecule has 3 N–H and O–H groups in total. The molecular formula is C23H26N4OS. The number of anilines is 2. The quantitative estimate of drug-likeness (QED) is 0.668. The van der Waals surface area contributed by atoms with Crippen LogP contribution in [0.2, 0.25) is 0 Å². The molecule has 2 bridgehead atoms. The van der Waals surface area contributed by atoms with Crippen molar-refractivity contribution in [2.45, 2.75) is 38.6 Å². The van der Waals surface area contributed by atoms with Gasteiger partial charge in [0.15, 0.2) is 0 Å². The summed E-state index contributed by atoms with van der Waals surface area (Å²) in [5.74, 6) is 0.781. The number of benzene rings is 1. The second-order valence-corrected chi connectivity index (χ2v) is 9.31. The molecule has 2 fully saturated rings. The highest BCUT2D eigenvalue weighted by molar-refractivity contribution is 7.21. The molecule has 5 rings (SSSR count). The van der Waals surface area contributed by atoms with Crippen LogP contribution in [0.1, 0.15) is 40.2 Å². The minimum absolute atomic E-state index is 0.118. The molecule has 29 heavy (non-hydrogen) atoms. The molecule has 1 saturated heterocycles. The minimum Gasteiger partial charge on any atom is -0.397 e. The number of hydrogen-bond acceptors (Lipinski definition) is 5. The van der Waals surface area contributed by atoms with E-state index in [1.807, 2.05) is 19.1 Å². The van der Waals surface area contributed by atoms with Gasteiger partial charge in [-0.1, -0.05) is 12.1 Å². The second kappa shape index (κ2) is 7.34. The molecule has 1 aliphatic carbocycles. The zero-order valence-electron chi connectivity index (χ0n) is 16.6. The Bertz CT molecular complexity index is 1060. The normalized spacial score (nSPS) is 20.5. The van der Waals surface area contributed by atoms with Crippen molar-refractivity contribution in [3.8, 4) is 0 Å². The molecule has 3 aromatic rings. The molecule has 1 aliphatic heterocycles. The first-order valence-corrected chi connectivity index (χ1v) is 11.2. The van der Waals surface area contributed by atoms with E-state index in [4.69, 9.17) is 5.73 Å². The predicted molar refractivity (Wildman–Crippen MR) is 120 cm³/mol. The van der Waals surface area contributed by atoms with Crippen LogP contribution < -0.4 is 16.0 Å². The molecular weight excluding hydrogens is 380 g/mol. The van der Waals surface area contributed by atoms with Crippen LogP contribution in [0.4, 0.5) is 11.4 Å². The van der Waals surface area contributed by atoms with Gasteiger partial charge in [-0.3, -0.25) is 4.79 Å². The van der Waals surface area contributed by atoms with Crippen molar-refractivity contribution < 1.29 is 4.79 Å².